The van der Waals surface area contributed by atoms with Crippen LogP contribution in [-0.2, 0) is 26.2 Å². The lowest BCUT2D eigenvalue weighted by Crippen LogP contribution is -2.12. The molecule has 224 valence electrons. The molecule has 7 N–H and O–H groups in total. The van der Waals surface area contributed by atoms with Gasteiger partial charge in [-0.15, -0.1) is 0 Å². The highest BCUT2D eigenvalue weighted by Gasteiger charge is 1.92. The molecule has 39 heavy (non-hydrogen) atoms. The number of benzene rings is 4. The normalized spacial score (nSPS) is 7.64. The van der Waals surface area contributed by atoms with Crippen LogP contribution in [0.1, 0.15) is 74.2 Å². The summed E-state index contributed by atoms with van der Waals surface area (Å²) < 4.78 is 0. The van der Waals surface area contributed by atoms with Crippen molar-refractivity contribution in [2.24, 2.45) is 5.73 Å². The van der Waals surface area contributed by atoms with Crippen LogP contribution in [0.4, 0.5) is 0 Å². The van der Waals surface area contributed by atoms with Gasteiger partial charge in [0.1, 0.15) is 0 Å². The summed E-state index contributed by atoms with van der Waals surface area (Å²) in [4.78, 5) is 0. The third kappa shape index (κ3) is 24.8. The zero-order valence-corrected chi connectivity index (χ0v) is 18.6. The van der Waals surface area contributed by atoms with Crippen molar-refractivity contribution in [2.75, 3.05) is 0 Å². The van der Waals surface area contributed by atoms with Crippen LogP contribution < -0.4 is 17.2 Å². The Morgan fingerprint density at radius 3 is 0.897 bits per heavy atom. The Balaban J connectivity index is -0.0000000757. The Morgan fingerprint density at radius 1 is 0.436 bits per heavy atom. The fourth-order valence-corrected chi connectivity index (χ4v) is 2.74. The number of nitrogens with two attached hydrogens (primary N) is 1. The van der Waals surface area contributed by atoms with Crippen LogP contribution in [-0.4, -0.2) is 5.11 Å². The van der Waals surface area contributed by atoms with E-state index in [2.05, 4.69) is 53.8 Å². The van der Waals surface area contributed by atoms with Crippen molar-refractivity contribution in [3.8, 4) is 0 Å². The summed E-state index contributed by atoms with van der Waals surface area (Å²) >= 11 is 0. The average molecular weight is 542 g/mol. The standard InChI is InChI=1S/C14H15N.C7H9N.C7H8O.7CH4.H3N/c1-3-7-13(8-4-1)11-15-12-14-9-5-2-6-10-14;2*8-6-7-4-2-1-3-5-7;;;;;;;;/h1-10,15H,11-12H2;1-5H,6,8H2;1-5,8H,6H2;7*1H4;1H3. The van der Waals surface area contributed by atoms with E-state index < -0.39 is 0 Å². The topological polar surface area (TPSA) is 93.3 Å². The lowest BCUT2D eigenvalue weighted by molar-refractivity contribution is 0.282. The third-order valence-corrected chi connectivity index (χ3v) is 4.45. The van der Waals surface area contributed by atoms with Crippen LogP contribution in [0.3, 0.4) is 0 Å². The maximum Gasteiger partial charge on any atom is 0.0681 e. The number of hydrogen-bond donors (Lipinski definition) is 4. The molecule has 4 aromatic rings. The molecule has 4 rings (SSSR count). The molecule has 0 amide bonds. The van der Waals surface area contributed by atoms with Crippen LogP contribution in [0.5, 0.6) is 0 Å². The molecular weight excluding hydrogens is 478 g/mol. The predicted octanol–water partition coefficient (Wildman–Crippen LogP) is 9.92. The lowest BCUT2D eigenvalue weighted by Gasteiger charge is -2.04. The molecule has 4 heteroatoms. The summed E-state index contributed by atoms with van der Waals surface area (Å²) in [6.45, 7) is 2.63. The monoisotopic (exact) mass is 541 g/mol. The molecule has 4 aromatic carbocycles. The molecule has 0 spiro atoms. The second-order valence-corrected chi connectivity index (χ2v) is 6.91. The van der Waals surface area contributed by atoms with Crippen LogP contribution in [0, 0.1) is 0 Å². The molecule has 0 aliphatic carbocycles. The van der Waals surface area contributed by atoms with Gasteiger partial charge < -0.3 is 22.3 Å². The van der Waals surface area contributed by atoms with Gasteiger partial charge in [-0.3, -0.25) is 0 Å². The van der Waals surface area contributed by atoms with Crippen molar-refractivity contribution < 1.29 is 5.11 Å². The first-order valence-electron chi connectivity index (χ1n) is 10.5. The van der Waals surface area contributed by atoms with E-state index in [9.17, 15) is 0 Å². The first kappa shape index (κ1) is 52.2. The molecule has 0 fully saturated rings. The van der Waals surface area contributed by atoms with Crippen molar-refractivity contribution >= 4 is 0 Å². The number of aliphatic hydroxyl groups is 1. The Hall–Kier alpha value is -3.28. The van der Waals surface area contributed by atoms with Crippen molar-refractivity contribution in [3.05, 3.63) is 144 Å². The first-order chi connectivity index (χ1) is 15.3. The van der Waals surface area contributed by atoms with Crippen molar-refractivity contribution in [1.82, 2.24) is 11.5 Å². The van der Waals surface area contributed by atoms with Gasteiger partial charge in [-0.05, 0) is 22.3 Å². The SMILES string of the molecule is C.C.C.C.C.C.C.N.NCc1ccccc1.OCc1ccccc1.c1ccc(CNCc2ccccc2)cc1. The zero-order valence-electron chi connectivity index (χ0n) is 18.6. The molecule has 0 aliphatic rings. The van der Waals surface area contributed by atoms with Gasteiger partial charge in [-0.1, -0.05) is 173 Å². The van der Waals surface area contributed by atoms with E-state index in [0.717, 1.165) is 18.7 Å². The molecular formula is C35H63N3O. The summed E-state index contributed by atoms with van der Waals surface area (Å²) in [6, 6.07) is 40.4. The van der Waals surface area contributed by atoms with Gasteiger partial charge in [0.25, 0.3) is 0 Å². The van der Waals surface area contributed by atoms with Gasteiger partial charge >= 0.3 is 0 Å². The molecule has 0 aliphatic heterocycles. The van der Waals surface area contributed by atoms with Gasteiger partial charge in [0.05, 0.1) is 6.61 Å². The van der Waals surface area contributed by atoms with Crippen molar-refractivity contribution in [3.63, 3.8) is 0 Å². The fraction of sp³-hybridized carbons (Fsp3) is 0.314. The van der Waals surface area contributed by atoms with Crippen LogP contribution in [0.15, 0.2) is 121 Å². The number of rotatable bonds is 6. The minimum absolute atomic E-state index is 0. The summed E-state index contributed by atoms with van der Waals surface area (Å²) in [5, 5.41) is 12.0. The van der Waals surface area contributed by atoms with Gasteiger partial charge in [0.2, 0.25) is 0 Å². The quantitative estimate of drug-likeness (QED) is 0.195. The second kappa shape index (κ2) is 34.7. The van der Waals surface area contributed by atoms with E-state index in [-0.39, 0.29) is 64.7 Å². The highest BCUT2D eigenvalue weighted by Crippen LogP contribution is 2.00. The lowest BCUT2D eigenvalue weighted by atomic mass is 10.2. The number of nitrogens with one attached hydrogen (secondary N) is 1. The molecule has 0 unspecified atom stereocenters. The molecule has 0 aromatic heterocycles. The van der Waals surface area contributed by atoms with Gasteiger partial charge in [-0.2, -0.15) is 0 Å². The molecule has 4 nitrogen and oxygen atoms in total. The molecule has 0 heterocycles. The zero-order chi connectivity index (χ0) is 22.0. The second-order valence-electron chi connectivity index (χ2n) is 6.91. The van der Waals surface area contributed by atoms with Crippen molar-refractivity contribution in [1.29, 1.82) is 0 Å². The van der Waals surface area contributed by atoms with Crippen LogP contribution in [0.2, 0.25) is 0 Å². The van der Waals surface area contributed by atoms with Crippen LogP contribution in [0.25, 0.3) is 0 Å². The van der Waals surface area contributed by atoms with E-state index in [1.165, 1.54) is 16.7 Å². The van der Waals surface area contributed by atoms with Gasteiger partial charge in [0.15, 0.2) is 0 Å². The third-order valence-electron chi connectivity index (χ3n) is 4.45. The Morgan fingerprint density at radius 2 is 0.692 bits per heavy atom. The van der Waals surface area contributed by atoms with Gasteiger partial charge in [-0.25, -0.2) is 0 Å². The predicted molar refractivity (Wildman–Crippen MR) is 182 cm³/mol. The van der Waals surface area contributed by atoms with E-state index in [4.69, 9.17) is 10.8 Å². The average Bonchev–Trinajstić information content (AvgIpc) is 2.87. The molecule has 0 saturated carbocycles. The smallest absolute Gasteiger partial charge is 0.0681 e. The van der Waals surface area contributed by atoms with Crippen molar-refractivity contribution in [2.45, 2.75) is 78.2 Å². The minimum Gasteiger partial charge on any atom is -0.392 e. The summed E-state index contributed by atoms with van der Waals surface area (Å²) in [6.07, 6.45) is 0. The molecule has 0 saturated heterocycles. The largest absolute Gasteiger partial charge is 0.392 e. The molecule has 0 atom stereocenters. The first-order valence-corrected chi connectivity index (χ1v) is 10.5. The molecule has 0 radical (unpaired) electrons. The Bertz CT molecular complexity index is 840. The van der Waals surface area contributed by atoms with Crippen LogP contribution >= 0.6 is 0 Å². The maximum atomic E-state index is 8.54. The highest BCUT2D eigenvalue weighted by molar-refractivity contribution is 5.17. The Kier molecular flexibility index (Phi) is 46.5. The van der Waals surface area contributed by atoms with E-state index in [1.807, 2.05) is 72.8 Å². The summed E-state index contributed by atoms with van der Waals surface area (Å²) in [7, 11) is 0. The minimum atomic E-state index is 0. The van der Waals surface area contributed by atoms with E-state index in [1.54, 1.807) is 0 Å². The fourth-order valence-electron chi connectivity index (χ4n) is 2.74. The number of hydrogen-bond acceptors (Lipinski definition) is 4. The van der Waals surface area contributed by atoms with E-state index in [0.29, 0.717) is 6.54 Å². The maximum absolute atomic E-state index is 8.54. The summed E-state index contributed by atoms with van der Waals surface area (Å²) in [5.74, 6) is 0. The summed E-state index contributed by atoms with van der Waals surface area (Å²) in [5.41, 5.74) is 10.2. The van der Waals surface area contributed by atoms with E-state index >= 15 is 0 Å². The highest BCUT2D eigenvalue weighted by atomic mass is 16.3. The Labute approximate surface area is 243 Å². The number of aliphatic hydroxyl groups excluding tert-OH is 1. The molecule has 0 bridgehead atoms. The van der Waals surface area contributed by atoms with Gasteiger partial charge in [0, 0.05) is 19.6 Å².